The normalized spacial score (nSPS) is 22.5. The number of nitrogens with one attached hydrogen (secondary N) is 1. The molecule has 2 unspecified atom stereocenters. The van der Waals surface area contributed by atoms with Gasteiger partial charge in [-0.3, -0.25) is 0 Å². The molecule has 108 valence electrons. The number of unbranched alkanes of at least 4 members (excludes halogenated alkanes) is 1. The molecule has 2 nitrogen and oxygen atoms in total. The lowest BCUT2D eigenvalue weighted by Crippen LogP contribution is -2.30. The van der Waals surface area contributed by atoms with Gasteiger partial charge in [-0.15, -0.1) is 0 Å². The van der Waals surface area contributed by atoms with Crippen LogP contribution in [-0.4, -0.2) is 37.6 Å². The zero-order chi connectivity index (χ0) is 13.2. The zero-order valence-corrected chi connectivity index (χ0v) is 12.9. The Morgan fingerprint density at radius 1 is 1.22 bits per heavy atom. The minimum Gasteiger partial charge on any atom is -0.316 e. The summed E-state index contributed by atoms with van der Waals surface area (Å²) >= 11 is 0. The molecule has 0 amide bonds. The van der Waals surface area contributed by atoms with E-state index in [1.807, 2.05) is 0 Å². The molecule has 1 N–H and O–H groups in total. The lowest BCUT2D eigenvalue weighted by atomic mass is 9.99. The summed E-state index contributed by atoms with van der Waals surface area (Å²) < 4.78 is 0. The van der Waals surface area contributed by atoms with Crippen molar-refractivity contribution in [2.75, 3.05) is 32.7 Å². The van der Waals surface area contributed by atoms with Gasteiger partial charge in [0.2, 0.25) is 0 Å². The first kappa shape index (κ1) is 16.0. The highest BCUT2D eigenvalue weighted by Gasteiger charge is 2.23. The van der Waals surface area contributed by atoms with Crippen LogP contribution in [0.15, 0.2) is 0 Å². The van der Waals surface area contributed by atoms with Crippen LogP contribution >= 0.6 is 0 Å². The third-order valence-electron chi connectivity index (χ3n) is 4.29. The van der Waals surface area contributed by atoms with Gasteiger partial charge in [0.05, 0.1) is 0 Å². The Hall–Kier alpha value is -0.0800. The molecule has 0 aromatic carbocycles. The van der Waals surface area contributed by atoms with Crippen LogP contribution in [0.25, 0.3) is 0 Å². The van der Waals surface area contributed by atoms with E-state index >= 15 is 0 Å². The average Bonchev–Trinajstić information content (AvgIpc) is 2.82. The maximum Gasteiger partial charge on any atom is 0.00224 e. The second-order valence-corrected chi connectivity index (χ2v) is 6.03. The summed E-state index contributed by atoms with van der Waals surface area (Å²) in [6.07, 6.45) is 8.21. The van der Waals surface area contributed by atoms with Crippen molar-refractivity contribution in [2.24, 2.45) is 11.8 Å². The van der Waals surface area contributed by atoms with E-state index in [2.05, 4.69) is 31.0 Å². The first-order chi connectivity index (χ1) is 8.80. The van der Waals surface area contributed by atoms with E-state index in [-0.39, 0.29) is 0 Å². The Labute approximate surface area is 115 Å². The molecule has 1 aliphatic rings. The number of nitrogens with zero attached hydrogens (tertiary/aromatic N) is 1. The number of hydrogen-bond donors (Lipinski definition) is 1. The molecule has 1 fully saturated rings. The fourth-order valence-corrected chi connectivity index (χ4v) is 3.01. The molecule has 2 heteroatoms. The standard InChI is InChI=1S/C16H34N2/c1-4-7-8-15(6-3)13-18-11-9-16(14-18)12-17-10-5-2/h15-17H,4-14H2,1-3H3. The van der Waals surface area contributed by atoms with Crippen molar-refractivity contribution in [3.8, 4) is 0 Å². The molecule has 0 aromatic rings. The second-order valence-electron chi connectivity index (χ2n) is 6.03. The lowest BCUT2D eigenvalue weighted by molar-refractivity contribution is 0.252. The maximum atomic E-state index is 3.57. The van der Waals surface area contributed by atoms with Crippen molar-refractivity contribution in [3.05, 3.63) is 0 Å². The van der Waals surface area contributed by atoms with E-state index < -0.39 is 0 Å². The molecule has 0 spiro atoms. The first-order valence-corrected chi connectivity index (χ1v) is 8.23. The molecule has 1 heterocycles. The van der Waals surface area contributed by atoms with Crippen LogP contribution in [0.3, 0.4) is 0 Å². The number of hydrogen-bond acceptors (Lipinski definition) is 2. The Balaban J connectivity index is 2.15. The zero-order valence-electron chi connectivity index (χ0n) is 12.9. The smallest absolute Gasteiger partial charge is 0.00224 e. The van der Waals surface area contributed by atoms with Crippen molar-refractivity contribution in [1.29, 1.82) is 0 Å². The predicted molar refractivity (Wildman–Crippen MR) is 81.0 cm³/mol. The third kappa shape index (κ3) is 6.19. The van der Waals surface area contributed by atoms with Gasteiger partial charge in [-0.1, -0.05) is 40.0 Å². The summed E-state index contributed by atoms with van der Waals surface area (Å²) in [5.41, 5.74) is 0. The molecule has 18 heavy (non-hydrogen) atoms. The SMILES string of the molecule is CCCCC(CC)CN1CCC(CNCCC)C1. The van der Waals surface area contributed by atoms with Gasteiger partial charge in [0.1, 0.15) is 0 Å². The Morgan fingerprint density at radius 2 is 2.06 bits per heavy atom. The van der Waals surface area contributed by atoms with E-state index in [0.717, 1.165) is 11.8 Å². The summed E-state index contributed by atoms with van der Waals surface area (Å²) in [4.78, 5) is 2.71. The van der Waals surface area contributed by atoms with Crippen LogP contribution < -0.4 is 5.32 Å². The average molecular weight is 254 g/mol. The highest BCUT2D eigenvalue weighted by molar-refractivity contribution is 4.78. The predicted octanol–water partition coefficient (Wildman–Crippen LogP) is 3.52. The van der Waals surface area contributed by atoms with Crippen LogP contribution in [-0.2, 0) is 0 Å². The number of rotatable bonds is 10. The minimum absolute atomic E-state index is 0.903. The fourth-order valence-electron chi connectivity index (χ4n) is 3.01. The van der Waals surface area contributed by atoms with Crippen LogP contribution in [0, 0.1) is 11.8 Å². The molecule has 1 saturated heterocycles. The molecule has 1 rings (SSSR count). The quantitative estimate of drug-likeness (QED) is 0.600. The van der Waals surface area contributed by atoms with Crippen LogP contribution in [0.4, 0.5) is 0 Å². The second kappa shape index (κ2) is 9.80. The first-order valence-electron chi connectivity index (χ1n) is 8.23. The molecule has 1 aliphatic heterocycles. The summed E-state index contributed by atoms with van der Waals surface area (Å²) in [5.74, 6) is 1.84. The van der Waals surface area contributed by atoms with Crippen molar-refractivity contribution in [2.45, 2.75) is 59.3 Å². The summed E-state index contributed by atoms with van der Waals surface area (Å²) in [6.45, 7) is 13.3. The Bertz CT molecular complexity index is 194. The minimum atomic E-state index is 0.903. The molecular formula is C16H34N2. The molecule has 0 aromatic heterocycles. The van der Waals surface area contributed by atoms with Crippen molar-refractivity contribution < 1.29 is 0 Å². The van der Waals surface area contributed by atoms with Crippen LogP contribution in [0.2, 0.25) is 0 Å². The van der Waals surface area contributed by atoms with E-state index in [1.54, 1.807) is 0 Å². The van der Waals surface area contributed by atoms with E-state index in [1.165, 1.54) is 71.2 Å². The van der Waals surface area contributed by atoms with Gasteiger partial charge in [-0.2, -0.15) is 0 Å². The van der Waals surface area contributed by atoms with Gasteiger partial charge >= 0.3 is 0 Å². The Kier molecular flexibility index (Phi) is 8.70. The van der Waals surface area contributed by atoms with Gasteiger partial charge in [0, 0.05) is 13.1 Å². The lowest BCUT2D eigenvalue weighted by Gasteiger charge is -2.23. The topological polar surface area (TPSA) is 15.3 Å². The summed E-state index contributed by atoms with van der Waals surface area (Å²) in [5, 5.41) is 3.57. The molecule has 0 aliphatic carbocycles. The van der Waals surface area contributed by atoms with E-state index in [9.17, 15) is 0 Å². The Morgan fingerprint density at radius 3 is 2.72 bits per heavy atom. The molecule has 0 bridgehead atoms. The third-order valence-corrected chi connectivity index (χ3v) is 4.29. The monoisotopic (exact) mass is 254 g/mol. The van der Waals surface area contributed by atoms with E-state index in [4.69, 9.17) is 0 Å². The largest absolute Gasteiger partial charge is 0.316 e. The van der Waals surface area contributed by atoms with E-state index in [0.29, 0.717) is 0 Å². The van der Waals surface area contributed by atoms with Crippen LogP contribution in [0.1, 0.15) is 59.3 Å². The fraction of sp³-hybridized carbons (Fsp3) is 1.00. The van der Waals surface area contributed by atoms with Gasteiger partial charge in [-0.25, -0.2) is 0 Å². The summed E-state index contributed by atoms with van der Waals surface area (Å²) in [7, 11) is 0. The van der Waals surface area contributed by atoms with Gasteiger partial charge in [0.15, 0.2) is 0 Å². The molecule has 2 atom stereocenters. The van der Waals surface area contributed by atoms with Crippen LogP contribution in [0.5, 0.6) is 0 Å². The van der Waals surface area contributed by atoms with Crippen molar-refractivity contribution >= 4 is 0 Å². The van der Waals surface area contributed by atoms with Gasteiger partial charge < -0.3 is 10.2 Å². The summed E-state index contributed by atoms with van der Waals surface area (Å²) in [6, 6.07) is 0. The maximum absolute atomic E-state index is 3.57. The van der Waals surface area contributed by atoms with Crippen molar-refractivity contribution in [1.82, 2.24) is 10.2 Å². The highest BCUT2D eigenvalue weighted by Crippen LogP contribution is 2.20. The van der Waals surface area contributed by atoms with Gasteiger partial charge in [0.25, 0.3) is 0 Å². The highest BCUT2D eigenvalue weighted by atomic mass is 15.1. The van der Waals surface area contributed by atoms with Crippen molar-refractivity contribution in [3.63, 3.8) is 0 Å². The molecule has 0 radical (unpaired) electrons. The van der Waals surface area contributed by atoms with Gasteiger partial charge in [-0.05, 0) is 50.7 Å². The molecular weight excluding hydrogens is 220 g/mol. The number of likely N-dealkylation sites (tertiary alicyclic amines) is 1. The molecule has 0 saturated carbocycles.